The van der Waals surface area contributed by atoms with Gasteiger partial charge >= 0.3 is 5.97 Å². The topological polar surface area (TPSA) is 40.5 Å². The lowest BCUT2D eigenvalue weighted by molar-refractivity contribution is -0.142. The lowest BCUT2D eigenvalue weighted by Gasteiger charge is -2.26. The first kappa shape index (κ1) is 14.8. The first-order valence-corrected chi connectivity index (χ1v) is 8.08. The summed E-state index contributed by atoms with van der Waals surface area (Å²) < 4.78 is 0. The van der Waals surface area contributed by atoms with E-state index in [4.69, 9.17) is 0 Å². The molecule has 0 bridgehead atoms. The highest BCUT2D eigenvalue weighted by Crippen LogP contribution is 2.33. The third-order valence-electron chi connectivity index (χ3n) is 5.23. The number of carboxylic acid groups (broad SMARTS) is 1. The second kappa shape index (κ2) is 6.74. The standard InChI is InChI=1S/C16H29NO2/c1-3-5-13-6-4-7-14(9-8-13)17-10-12(2)15(11-17)16(18)19/h12-15H,3-11H2,1-2H3,(H,18,19)/t12-,13?,14?,15-/m1/s1. The van der Waals surface area contributed by atoms with Gasteiger partial charge in [-0.1, -0.05) is 39.5 Å². The maximum absolute atomic E-state index is 11.2. The minimum absolute atomic E-state index is 0.144. The summed E-state index contributed by atoms with van der Waals surface area (Å²) in [4.78, 5) is 13.7. The predicted molar refractivity (Wildman–Crippen MR) is 77.1 cm³/mol. The summed E-state index contributed by atoms with van der Waals surface area (Å²) in [6, 6.07) is 0.647. The average Bonchev–Trinajstić information content (AvgIpc) is 2.60. The van der Waals surface area contributed by atoms with Crippen LogP contribution in [0.4, 0.5) is 0 Å². The van der Waals surface area contributed by atoms with Crippen molar-refractivity contribution in [3.63, 3.8) is 0 Å². The fraction of sp³-hybridized carbons (Fsp3) is 0.938. The number of hydrogen-bond donors (Lipinski definition) is 1. The molecule has 2 aliphatic rings. The highest BCUT2D eigenvalue weighted by atomic mass is 16.4. The minimum Gasteiger partial charge on any atom is -0.481 e. The zero-order chi connectivity index (χ0) is 13.8. The van der Waals surface area contributed by atoms with E-state index in [-0.39, 0.29) is 5.92 Å². The first-order chi connectivity index (χ1) is 9.11. The van der Waals surface area contributed by atoms with Gasteiger partial charge in [0.25, 0.3) is 0 Å². The van der Waals surface area contributed by atoms with Crippen LogP contribution in [0, 0.1) is 17.8 Å². The Bertz CT molecular complexity index is 305. The van der Waals surface area contributed by atoms with Crippen LogP contribution in [-0.2, 0) is 4.79 Å². The van der Waals surface area contributed by atoms with Crippen molar-refractivity contribution in [2.45, 2.75) is 64.8 Å². The molecule has 3 heteroatoms. The molecule has 0 spiro atoms. The van der Waals surface area contributed by atoms with Crippen molar-refractivity contribution in [1.82, 2.24) is 4.90 Å². The van der Waals surface area contributed by atoms with Crippen LogP contribution in [-0.4, -0.2) is 35.1 Å². The smallest absolute Gasteiger partial charge is 0.308 e. The molecule has 1 aliphatic heterocycles. The Hall–Kier alpha value is -0.570. The monoisotopic (exact) mass is 267 g/mol. The van der Waals surface area contributed by atoms with Gasteiger partial charge < -0.3 is 5.11 Å². The van der Waals surface area contributed by atoms with E-state index >= 15 is 0 Å². The molecule has 19 heavy (non-hydrogen) atoms. The number of aliphatic carboxylic acids is 1. The van der Waals surface area contributed by atoms with Gasteiger partial charge in [-0.2, -0.15) is 0 Å². The molecule has 2 rings (SSSR count). The summed E-state index contributed by atoms with van der Waals surface area (Å²) >= 11 is 0. The Labute approximate surface area is 117 Å². The second-order valence-electron chi connectivity index (χ2n) is 6.69. The van der Waals surface area contributed by atoms with E-state index in [1.807, 2.05) is 0 Å². The van der Waals surface area contributed by atoms with E-state index in [1.165, 1.54) is 44.9 Å². The van der Waals surface area contributed by atoms with E-state index in [0.717, 1.165) is 19.0 Å². The van der Waals surface area contributed by atoms with Crippen LogP contribution in [0.15, 0.2) is 0 Å². The Morgan fingerprint density at radius 1 is 1.21 bits per heavy atom. The molecule has 0 aromatic carbocycles. The van der Waals surface area contributed by atoms with Crippen LogP contribution in [0.3, 0.4) is 0 Å². The summed E-state index contributed by atoms with van der Waals surface area (Å²) in [5, 5.41) is 9.24. The van der Waals surface area contributed by atoms with Crippen LogP contribution in [0.1, 0.15) is 58.8 Å². The fourth-order valence-electron chi connectivity index (χ4n) is 4.04. The van der Waals surface area contributed by atoms with Crippen molar-refractivity contribution in [2.75, 3.05) is 13.1 Å². The summed E-state index contributed by atoms with van der Waals surface area (Å²) in [5.74, 6) is 0.486. The first-order valence-electron chi connectivity index (χ1n) is 8.08. The molecule has 4 atom stereocenters. The summed E-state index contributed by atoms with van der Waals surface area (Å²) in [6.45, 7) is 6.14. The molecule has 110 valence electrons. The average molecular weight is 267 g/mol. The van der Waals surface area contributed by atoms with Gasteiger partial charge in [0, 0.05) is 19.1 Å². The van der Waals surface area contributed by atoms with Crippen molar-refractivity contribution in [3.8, 4) is 0 Å². The van der Waals surface area contributed by atoms with Gasteiger partial charge in [-0.05, 0) is 31.1 Å². The maximum Gasteiger partial charge on any atom is 0.308 e. The van der Waals surface area contributed by atoms with Crippen molar-refractivity contribution in [1.29, 1.82) is 0 Å². The number of carboxylic acids is 1. The normalized spacial score (nSPS) is 37.2. The fourth-order valence-corrected chi connectivity index (χ4v) is 4.04. The Morgan fingerprint density at radius 2 is 2.00 bits per heavy atom. The summed E-state index contributed by atoms with van der Waals surface area (Å²) in [6.07, 6.45) is 9.30. The zero-order valence-corrected chi connectivity index (χ0v) is 12.5. The van der Waals surface area contributed by atoms with E-state index < -0.39 is 5.97 Å². The second-order valence-corrected chi connectivity index (χ2v) is 6.69. The predicted octanol–water partition coefficient (Wildman–Crippen LogP) is 3.39. The lowest BCUT2D eigenvalue weighted by Crippen LogP contribution is -2.33. The van der Waals surface area contributed by atoms with Crippen LogP contribution in [0.5, 0.6) is 0 Å². The zero-order valence-electron chi connectivity index (χ0n) is 12.5. The van der Waals surface area contributed by atoms with E-state index in [9.17, 15) is 9.90 Å². The molecule has 0 amide bonds. The molecule has 1 heterocycles. The van der Waals surface area contributed by atoms with Crippen molar-refractivity contribution in [2.24, 2.45) is 17.8 Å². The highest BCUT2D eigenvalue weighted by Gasteiger charge is 2.37. The van der Waals surface area contributed by atoms with E-state index in [0.29, 0.717) is 12.0 Å². The maximum atomic E-state index is 11.2. The third kappa shape index (κ3) is 3.71. The number of hydrogen-bond acceptors (Lipinski definition) is 2. The molecule has 2 fully saturated rings. The molecule has 2 unspecified atom stereocenters. The van der Waals surface area contributed by atoms with Gasteiger partial charge in [0.2, 0.25) is 0 Å². The van der Waals surface area contributed by atoms with Crippen LogP contribution < -0.4 is 0 Å². The highest BCUT2D eigenvalue weighted by molar-refractivity contribution is 5.71. The molecule has 0 aromatic heterocycles. The van der Waals surface area contributed by atoms with Gasteiger partial charge in [-0.3, -0.25) is 9.69 Å². The van der Waals surface area contributed by atoms with E-state index in [2.05, 4.69) is 18.7 Å². The van der Waals surface area contributed by atoms with Crippen molar-refractivity contribution < 1.29 is 9.90 Å². The molecule has 1 saturated carbocycles. The van der Waals surface area contributed by atoms with Gasteiger partial charge in [-0.25, -0.2) is 0 Å². The number of nitrogens with zero attached hydrogens (tertiary/aromatic N) is 1. The molecular weight excluding hydrogens is 238 g/mol. The minimum atomic E-state index is -0.604. The molecular formula is C16H29NO2. The van der Waals surface area contributed by atoms with Crippen LogP contribution in [0.25, 0.3) is 0 Å². The molecule has 1 aliphatic carbocycles. The van der Waals surface area contributed by atoms with Crippen LogP contribution in [0.2, 0.25) is 0 Å². The molecule has 0 aromatic rings. The summed E-state index contributed by atoms with van der Waals surface area (Å²) in [7, 11) is 0. The quantitative estimate of drug-likeness (QED) is 0.794. The Kier molecular flexibility index (Phi) is 5.26. The summed E-state index contributed by atoms with van der Waals surface area (Å²) in [5.41, 5.74) is 0. The van der Waals surface area contributed by atoms with Gasteiger partial charge in [0.1, 0.15) is 0 Å². The SMILES string of the molecule is CCCC1CCCC(N2C[C@@H](C)[C@H](C(=O)O)C2)CC1. The Morgan fingerprint density at radius 3 is 2.63 bits per heavy atom. The van der Waals surface area contributed by atoms with Crippen molar-refractivity contribution >= 4 is 5.97 Å². The number of likely N-dealkylation sites (tertiary alicyclic amines) is 1. The van der Waals surface area contributed by atoms with Gasteiger partial charge in [0.05, 0.1) is 5.92 Å². The largest absolute Gasteiger partial charge is 0.481 e. The molecule has 3 nitrogen and oxygen atoms in total. The number of carbonyl (C=O) groups is 1. The van der Waals surface area contributed by atoms with Gasteiger partial charge in [0.15, 0.2) is 0 Å². The Balaban J connectivity index is 1.87. The van der Waals surface area contributed by atoms with Crippen molar-refractivity contribution in [3.05, 3.63) is 0 Å². The number of rotatable bonds is 4. The van der Waals surface area contributed by atoms with Gasteiger partial charge in [-0.15, -0.1) is 0 Å². The molecule has 1 N–H and O–H groups in total. The molecule has 1 saturated heterocycles. The third-order valence-corrected chi connectivity index (χ3v) is 5.23. The van der Waals surface area contributed by atoms with Crippen LogP contribution >= 0.6 is 0 Å². The van der Waals surface area contributed by atoms with E-state index in [1.54, 1.807) is 0 Å². The molecule has 0 radical (unpaired) electrons. The lowest BCUT2D eigenvalue weighted by atomic mass is 9.95.